The molecule has 1 N–H and O–H groups in total. The molecule has 0 radical (unpaired) electrons. The molecular weight excluding hydrogens is 230 g/mol. The van der Waals surface area contributed by atoms with Crippen LogP contribution in [0.25, 0.3) is 0 Å². The number of thiophene rings is 1. The van der Waals surface area contributed by atoms with E-state index in [1.165, 1.54) is 11.3 Å². The molecule has 2 aromatic heterocycles. The number of aliphatic hydroxyl groups is 1. The normalized spacial score (nSPS) is 12.7. The second kappa shape index (κ2) is 4.31. The first-order valence-electron chi connectivity index (χ1n) is 4.52. The molecule has 1 unspecified atom stereocenters. The smallest absolute Gasteiger partial charge is 0.116 e. The fourth-order valence-electron chi connectivity index (χ4n) is 1.43. The topological polar surface area (TPSA) is 33.1 Å². The number of rotatable bonds is 2. The van der Waals surface area contributed by atoms with E-state index in [9.17, 15) is 5.11 Å². The van der Waals surface area contributed by atoms with Gasteiger partial charge in [-0.1, -0.05) is 17.7 Å². The molecule has 0 spiro atoms. The van der Waals surface area contributed by atoms with Crippen molar-refractivity contribution in [2.24, 2.45) is 0 Å². The van der Waals surface area contributed by atoms with E-state index < -0.39 is 6.10 Å². The van der Waals surface area contributed by atoms with Gasteiger partial charge in [-0.15, -0.1) is 11.3 Å². The van der Waals surface area contributed by atoms with Gasteiger partial charge in [-0.05, 0) is 24.4 Å². The lowest BCUT2D eigenvalue weighted by atomic mass is 10.1. The molecule has 0 aliphatic rings. The zero-order chi connectivity index (χ0) is 10.8. The third-order valence-corrected chi connectivity index (χ3v) is 3.65. The van der Waals surface area contributed by atoms with Crippen molar-refractivity contribution in [2.45, 2.75) is 13.0 Å². The Hall–Kier alpha value is -0.900. The molecule has 0 amide bonds. The van der Waals surface area contributed by atoms with Crippen molar-refractivity contribution in [3.8, 4) is 0 Å². The molecule has 0 aromatic carbocycles. The van der Waals surface area contributed by atoms with Crippen molar-refractivity contribution < 1.29 is 5.11 Å². The molecular formula is C11H10ClNOS. The highest BCUT2D eigenvalue weighted by molar-refractivity contribution is 7.10. The fraction of sp³-hybridized carbons (Fsp3) is 0.182. The van der Waals surface area contributed by atoms with Gasteiger partial charge in [0, 0.05) is 17.5 Å². The number of pyridine rings is 1. The quantitative estimate of drug-likeness (QED) is 0.873. The van der Waals surface area contributed by atoms with E-state index in [1.54, 1.807) is 12.3 Å². The maximum absolute atomic E-state index is 10.1. The van der Waals surface area contributed by atoms with Crippen molar-refractivity contribution in [1.29, 1.82) is 0 Å². The van der Waals surface area contributed by atoms with Crippen LogP contribution in [0.2, 0.25) is 5.02 Å². The largest absolute Gasteiger partial charge is 0.383 e. The number of nitrogens with zero attached hydrogens (tertiary/aromatic N) is 1. The van der Waals surface area contributed by atoms with Gasteiger partial charge in [0.05, 0.1) is 9.90 Å². The minimum Gasteiger partial charge on any atom is -0.383 e. The van der Waals surface area contributed by atoms with Gasteiger partial charge in [-0.25, -0.2) is 0 Å². The third-order valence-electron chi connectivity index (χ3n) is 2.24. The number of hydrogen-bond acceptors (Lipinski definition) is 3. The Morgan fingerprint density at radius 3 is 2.87 bits per heavy atom. The summed E-state index contributed by atoms with van der Waals surface area (Å²) in [7, 11) is 0. The van der Waals surface area contributed by atoms with E-state index in [-0.39, 0.29) is 0 Å². The van der Waals surface area contributed by atoms with Crippen molar-refractivity contribution in [3.63, 3.8) is 0 Å². The van der Waals surface area contributed by atoms with Gasteiger partial charge in [-0.2, -0.15) is 0 Å². The fourth-order valence-corrected chi connectivity index (χ4v) is 2.59. The highest BCUT2D eigenvalue weighted by Crippen LogP contribution is 2.33. The van der Waals surface area contributed by atoms with Gasteiger partial charge in [0.2, 0.25) is 0 Å². The van der Waals surface area contributed by atoms with Gasteiger partial charge in [0.25, 0.3) is 0 Å². The van der Waals surface area contributed by atoms with E-state index in [1.807, 2.05) is 24.4 Å². The van der Waals surface area contributed by atoms with Crippen LogP contribution in [-0.2, 0) is 0 Å². The second-order valence-corrected chi connectivity index (χ2v) is 4.57. The Labute approximate surface area is 97.2 Å². The first kappa shape index (κ1) is 10.6. The molecule has 0 aliphatic carbocycles. The van der Waals surface area contributed by atoms with Crippen molar-refractivity contribution in [2.75, 3.05) is 0 Å². The van der Waals surface area contributed by atoms with Crippen LogP contribution in [-0.4, -0.2) is 10.1 Å². The Balaban J connectivity index is 2.41. The van der Waals surface area contributed by atoms with Crippen LogP contribution in [0.1, 0.15) is 22.2 Å². The highest BCUT2D eigenvalue weighted by Gasteiger charge is 2.17. The average Bonchev–Trinajstić information content (AvgIpc) is 2.64. The van der Waals surface area contributed by atoms with Crippen LogP contribution < -0.4 is 0 Å². The predicted octanol–water partition coefficient (Wildman–Crippen LogP) is 3.19. The zero-order valence-electron chi connectivity index (χ0n) is 8.14. The number of aryl methyl sites for hydroxylation is 1. The molecule has 2 heterocycles. The monoisotopic (exact) mass is 239 g/mol. The minimum absolute atomic E-state index is 0.607. The van der Waals surface area contributed by atoms with Crippen LogP contribution in [0.5, 0.6) is 0 Å². The molecule has 0 saturated carbocycles. The van der Waals surface area contributed by atoms with E-state index >= 15 is 0 Å². The molecule has 0 saturated heterocycles. The van der Waals surface area contributed by atoms with Crippen molar-refractivity contribution in [1.82, 2.24) is 4.98 Å². The molecule has 15 heavy (non-hydrogen) atoms. The molecule has 0 bridgehead atoms. The summed E-state index contributed by atoms with van der Waals surface area (Å²) >= 11 is 7.42. The molecule has 2 rings (SSSR count). The standard InChI is InChI=1S/C11H10ClNOS/c1-7-8(3-2-5-13-7)10(14)11-9(12)4-6-15-11/h2-6,10,14H,1H3. The molecule has 78 valence electrons. The number of halogens is 1. The summed E-state index contributed by atoms with van der Waals surface area (Å²) in [4.78, 5) is 4.91. The maximum Gasteiger partial charge on any atom is 0.116 e. The minimum atomic E-state index is -0.675. The Bertz CT molecular complexity index is 469. The summed E-state index contributed by atoms with van der Waals surface area (Å²) < 4.78 is 0. The third kappa shape index (κ3) is 2.04. The summed E-state index contributed by atoms with van der Waals surface area (Å²) in [6.07, 6.45) is 1.04. The van der Waals surface area contributed by atoms with Crippen LogP contribution >= 0.6 is 22.9 Å². The summed E-state index contributed by atoms with van der Waals surface area (Å²) in [6, 6.07) is 5.46. The Morgan fingerprint density at radius 1 is 1.47 bits per heavy atom. The molecule has 1 atom stereocenters. The van der Waals surface area contributed by atoms with Crippen LogP contribution in [0, 0.1) is 6.92 Å². The zero-order valence-corrected chi connectivity index (χ0v) is 9.72. The molecule has 2 aromatic rings. The average molecular weight is 240 g/mol. The Morgan fingerprint density at radius 2 is 2.27 bits per heavy atom. The summed E-state index contributed by atoms with van der Waals surface area (Å²) in [5, 5.41) is 12.6. The lowest BCUT2D eigenvalue weighted by molar-refractivity contribution is 0.223. The number of hydrogen-bond donors (Lipinski definition) is 1. The lowest BCUT2D eigenvalue weighted by Crippen LogP contribution is -2.01. The van der Waals surface area contributed by atoms with Crippen LogP contribution in [0.3, 0.4) is 0 Å². The highest BCUT2D eigenvalue weighted by atomic mass is 35.5. The van der Waals surface area contributed by atoms with E-state index in [0.717, 1.165) is 16.1 Å². The number of aromatic nitrogens is 1. The first-order valence-corrected chi connectivity index (χ1v) is 5.78. The molecule has 0 aliphatic heterocycles. The van der Waals surface area contributed by atoms with E-state index in [0.29, 0.717) is 5.02 Å². The summed E-state index contributed by atoms with van der Waals surface area (Å²) in [5.41, 5.74) is 1.64. The van der Waals surface area contributed by atoms with Gasteiger partial charge in [-0.3, -0.25) is 4.98 Å². The maximum atomic E-state index is 10.1. The summed E-state index contributed by atoms with van der Waals surface area (Å²) in [6.45, 7) is 1.88. The number of aliphatic hydroxyl groups excluding tert-OH is 1. The van der Waals surface area contributed by atoms with Crippen molar-refractivity contribution >= 4 is 22.9 Å². The van der Waals surface area contributed by atoms with Crippen LogP contribution in [0.4, 0.5) is 0 Å². The van der Waals surface area contributed by atoms with Gasteiger partial charge in [0.1, 0.15) is 6.10 Å². The van der Waals surface area contributed by atoms with Gasteiger partial charge < -0.3 is 5.11 Å². The second-order valence-electron chi connectivity index (χ2n) is 3.21. The van der Waals surface area contributed by atoms with E-state index in [2.05, 4.69) is 4.98 Å². The van der Waals surface area contributed by atoms with Gasteiger partial charge >= 0.3 is 0 Å². The summed E-state index contributed by atoms with van der Waals surface area (Å²) in [5.74, 6) is 0. The first-order chi connectivity index (χ1) is 7.20. The Kier molecular flexibility index (Phi) is 3.05. The lowest BCUT2D eigenvalue weighted by Gasteiger charge is -2.11. The van der Waals surface area contributed by atoms with Crippen molar-refractivity contribution in [3.05, 3.63) is 50.9 Å². The van der Waals surface area contributed by atoms with Gasteiger partial charge in [0.15, 0.2) is 0 Å². The molecule has 2 nitrogen and oxygen atoms in total. The predicted molar refractivity (Wildman–Crippen MR) is 62.4 cm³/mol. The molecule has 0 fully saturated rings. The SMILES string of the molecule is Cc1ncccc1C(O)c1sccc1Cl. The van der Waals surface area contributed by atoms with E-state index in [4.69, 9.17) is 11.6 Å². The molecule has 4 heteroatoms. The van der Waals surface area contributed by atoms with Crippen LogP contribution in [0.15, 0.2) is 29.8 Å².